The van der Waals surface area contributed by atoms with Crippen molar-refractivity contribution in [3.05, 3.63) is 36.4 Å². The molecular weight excluding hydrogens is 315 g/mol. The number of hydrogen-bond acceptors (Lipinski definition) is 1. The van der Waals surface area contributed by atoms with Crippen molar-refractivity contribution in [2.75, 3.05) is 7.11 Å². The Morgan fingerprint density at radius 3 is 2.29 bits per heavy atom. The number of methoxy groups -OCH3 is 1. The second-order valence-corrected chi connectivity index (χ2v) is 11.9. The van der Waals surface area contributed by atoms with Gasteiger partial charge in [0.15, 0.2) is 0 Å². The molecule has 0 amide bonds. The third kappa shape index (κ3) is 3.38. The van der Waals surface area contributed by atoms with E-state index in [2.05, 4.69) is 51.1 Å². The maximum absolute atomic E-state index is 5.28. The van der Waals surface area contributed by atoms with Gasteiger partial charge in [0, 0.05) is 0 Å². The van der Waals surface area contributed by atoms with Crippen LogP contribution >= 0.6 is 0 Å². The molecule has 0 heterocycles. The average molecular weight is 333 g/mol. The number of rotatable bonds is 2. The molecule has 0 fully saturated rings. The molecule has 2 rings (SSSR count). The molecular formula is C15H18OSn. The number of fused-ring (bicyclic) bond motifs is 1. The summed E-state index contributed by atoms with van der Waals surface area (Å²) >= 11 is -0.516. The predicted molar refractivity (Wildman–Crippen MR) is 75.6 cm³/mol. The van der Waals surface area contributed by atoms with E-state index in [1.165, 1.54) is 10.8 Å². The van der Waals surface area contributed by atoms with Crippen molar-refractivity contribution in [3.8, 4) is 5.75 Å². The van der Waals surface area contributed by atoms with E-state index in [0.29, 0.717) is 3.43 Å². The standard InChI is InChI=1S/C11H9O.C4H9.Sn/c1-12-11-7-6-9-4-2-3-5-10(9)8-11;1-4(2)3;/h2,4-8H,1H3;1-3H3;. The van der Waals surface area contributed by atoms with E-state index in [1.54, 1.807) is 10.7 Å². The molecule has 0 bridgehead atoms. The van der Waals surface area contributed by atoms with Crippen molar-refractivity contribution >= 4 is 35.5 Å². The molecule has 2 aromatic rings. The number of hydrogen-bond donors (Lipinski definition) is 0. The third-order valence-electron chi connectivity index (χ3n) is 2.57. The summed E-state index contributed by atoms with van der Waals surface area (Å²) in [6, 6.07) is 13.1. The Morgan fingerprint density at radius 1 is 0.941 bits per heavy atom. The second kappa shape index (κ2) is 4.89. The maximum atomic E-state index is 5.28. The average Bonchev–Trinajstić information content (AvgIpc) is 2.26. The minimum atomic E-state index is -0.516. The molecule has 88 valence electrons. The Kier molecular flexibility index (Phi) is 3.66. The number of benzene rings is 2. The summed E-state index contributed by atoms with van der Waals surface area (Å²) in [6.07, 6.45) is 0. The van der Waals surface area contributed by atoms with Gasteiger partial charge in [-0.2, -0.15) is 0 Å². The molecule has 0 saturated carbocycles. The molecule has 17 heavy (non-hydrogen) atoms. The molecule has 0 unspecified atom stereocenters. The van der Waals surface area contributed by atoms with Crippen LogP contribution in [0.5, 0.6) is 5.75 Å². The zero-order chi connectivity index (χ0) is 12.5. The van der Waals surface area contributed by atoms with Gasteiger partial charge >= 0.3 is 114 Å². The Hall–Kier alpha value is -0.701. The summed E-state index contributed by atoms with van der Waals surface area (Å²) in [5.74, 6) is 0.941. The molecule has 0 aliphatic carbocycles. The van der Waals surface area contributed by atoms with Gasteiger partial charge in [0.1, 0.15) is 0 Å². The van der Waals surface area contributed by atoms with Gasteiger partial charge in [0.2, 0.25) is 0 Å². The van der Waals surface area contributed by atoms with E-state index in [0.717, 1.165) is 5.75 Å². The molecule has 0 aromatic heterocycles. The Balaban J connectivity index is 2.41. The van der Waals surface area contributed by atoms with Gasteiger partial charge in [-0.1, -0.05) is 0 Å². The van der Waals surface area contributed by atoms with Crippen LogP contribution in [0.1, 0.15) is 20.8 Å². The molecule has 0 aliphatic heterocycles. The summed E-state index contributed by atoms with van der Waals surface area (Å²) in [5, 5.41) is 2.59. The van der Waals surface area contributed by atoms with Crippen LogP contribution in [0.3, 0.4) is 0 Å². The predicted octanol–water partition coefficient (Wildman–Crippen LogP) is 3.40. The van der Waals surface area contributed by atoms with E-state index in [9.17, 15) is 0 Å². The quantitative estimate of drug-likeness (QED) is 0.766. The van der Waals surface area contributed by atoms with E-state index in [-0.39, 0.29) is 0 Å². The summed E-state index contributed by atoms with van der Waals surface area (Å²) in [7, 11) is 1.72. The monoisotopic (exact) mass is 334 g/mol. The zero-order valence-corrected chi connectivity index (χ0v) is 13.7. The van der Waals surface area contributed by atoms with Gasteiger partial charge in [0.25, 0.3) is 0 Å². The minimum absolute atomic E-state index is 0.496. The van der Waals surface area contributed by atoms with E-state index in [1.807, 2.05) is 6.07 Å². The first-order valence-electron chi connectivity index (χ1n) is 5.84. The SMILES string of the molecule is COc1ccc2cc[c]([Sn][C](C)(C)C)cc2c1. The van der Waals surface area contributed by atoms with Crippen LogP contribution in [-0.4, -0.2) is 28.3 Å². The Morgan fingerprint density at radius 2 is 1.65 bits per heavy atom. The molecule has 0 N–H and O–H groups in total. The summed E-state index contributed by atoms with van der Waals surface area (Å²) in [6.45, 7) is 7.03. The molecule has 2 aromatic carbocycles. The first-order valence-corrected chi connectivity index (χ1v) is 8.69. The summed E-state index contributed by atoms with van der Waals surface area (Å²) < 4.78 is 7.33. The fourth-order valence-corrected chi connectivity index (χ4v) is 5.46. The molecule has 0 aliphatic rings. The molecule has 1 nitrogen and oxygen atoms in total. The first kappa shape index (κ1) is 12.7. The molecule has 2 radical (unpaired) electrons. The topological polar surface area (TPSA) is 9.23 Å². The number of ether oxygens (including phenoxy) is 1. The van der Waals surface area contributed by atoms with Gasteiger partial charge in [0.05, 0.1) is 0 Å². The summed E-state index contributed by atoms with van der Waals surface area (Å²) in [4.78, 5) is 0. The van der Waals surface area contributed by atoms with Crippen molar-refractivity contribution in [1.82, 2.24) is 0 Å². The van der Waals surface area contributed by atoms with Crippen molar-refractivity contribution < 1.29 is 4.74 Å². The van der Waals surface area contributed by atoms with Crippen LogP contribution in [-0.2, 0) is 0 Å². The van der Waals surface area contributed by atoms with Crippen molar-refractivity contribution in [3.63, 3.8) is 0 Å². The Bertz CT molecular complexity index is 526. The summed E-state index contributed by atoms with van der Waals surface area (Å²) in [5.41, 5.74) is 0. The fourth-order valence-electron chi connectivity index (χ4n) is 1.86. The molecule has 0 spiro atoms. The van der Waals surface area contributed by atoms with Crippen molar-refractivity contribution in [2.45, 2.75) is 24.2 Å². The van der Waals surface area contributed by atoms with Crippen LogP contribution in [0.2, 0.25) is 3.43 Å². The molecule has 2 heteroatoms. The van der Waals surface area contributed by atoms with Gasteiger partial charge in [-0.3, -0.25) is 0 Å². The van der Waals surface area contributed by atoms with Gasteiger partial charge in [-0.25, -0.2) is 0 Å². The van der Waals surface area contributed by atoms with Crippen LogP contribution in [0.4, 0.5) is 0 Å². The van der Waals surface area contributed by atoms with Gasteiger partial charge in [-0.15, -0.1) is 0 Å². The second-order valence-electron chi connectivity index (χ2n) is 5.30. The van der Waals surface area contributed by atoms with Crippen molar-refractivity contribution in [2.24, 2.45) is 0 Å². The fraction of sp³-hybridized carbons (Fsp3) is 0.333. The van der Waals surface area contributed by atoms with Crippen LogP contribution in [0.25, 0.3) is 10.8 Å². The van der Waals surface area contributed by atoms with Crippen LogP contribution < -0.4 is 8.32 Å². The normalized spacial score (nSPS) is 11.8. The van der Waals surface area contributed by atoms with E-state index in [4.69, 9.17) is 4.74 Å². The van der Waals surface area contributed by atoms with Crippen molar-refractivity contribution in [1.29, 1.82) is 0 Å². The molecule has 0 atom stereocenters. The van der Waals surface area contributed by atoms with Crippen LogP contribution in [0.15, 0.2) is 36.4 Å². The third-order valence-corrected chi connectivity index (χ3v) is 6.42. The van der Waals surface area contributed by atoms with Crippen LogP contribution in [0, 0.1) is 0 Å². The van der Waals surface area contributed by atoms with E-state index >= 15 is 0 Å². The van der Waals surface area contributed by atoms with Gasteiger partial charge < -0.3 is 0 Å². The van der Waals surface area contributed by atoms with E-state index < -0.39 is 21.1 Å². The molecule has 0 saturated heterocycles. The first-order chi connectivity index (χ1) is 7.98. The zero-order valence-electron chi connectivity index (χ0n) is 10.9. The van der Waals surface area contributed by atoms with Gasteiger partial charge in [-0.05, 0) is 0 Å². The Labute approximate surface area is 113 Å².